The van der Waals surface area contributed by atoms with Crippen molar-refractivity contribution in [1.82, 2.24) is 4.98 Å². The van der Waals surface area contributed by atoms with Crippen molar-refractivity contribution in [3.8, 4) is 6.07 Å². The number of hydrogen-bond donors (Lipinski definition) is 1. The van der Waals surface area contributed by atoms with E-state index in [4.69, 9.17) is 5.26 Å². The van der Waals surface area contributed by atoms with Gasteiger partial charge in [-0.3, -0.25) is 4.79 Å². The maximum atomic E-state index is 11.0. The van der Waals surface area contributed by atoms with E-state index in [0.29, 0.717) is 10.2 Å². The van der Waals surface area contributed by atoms with E-state index in [1.54, 1.807) is 0 Å². The second kappa shape index (κ2) is 3.35. The predicted octanol–water partition coefficient (Wildman–Crippen LogP) is 1.20. The molecule has 11 heavy (non-hydrogen) atoms. The van der Waals surface area contributed by atoms with Crippen LogP contribution in [0, 0.1) is 11.3 Å². The van der Waals surface area contributed by atoms with Crippen LogP contribution < -0.4 is 5.43 Å². The molecule has 3 nitrogen and oxygen atoms in total. The van der Waals surface area contributed by atoms with Crippen molar-refractivity contribution in [1.29, 1.82) is 5.26 Å². The summed E-state index contributed by atoms with van der Waals surface area (Å²) >= 11 is 3.11. The molecule has 0 unspecified atom stereocenters. The highest BCUT2D eigenvalue weighted by Crippen LogP contribution is 2.01. The van der Waals surface area contributed by atoms with Gasteiger partial charge in [0.25, 0.3) is 0 Å². The smallest absolute Gasteiger partial charge is 0.186 e. The Balaban J connectivity index is 3.12. The van der Waals surface area contributed by atoms with Crippen molar-refractivity contribution in [2.45, 2.75) is 6.42 Å². The number of aromatic nitrogens is 1. The lowest BCUT2D eigenvalue weighted by atomic mass is 10.2. The van der Waals surface area contributed by atoms with E-state index >= 15 is 0 Å². The van der Waals surface area contributed by atoms with Gasteiger partial charge in [0.05, 0.1) is 17.1 Å². The average molecular weight is 213 g/mol. The summed E-state index contributed by atoms with van der Waals surface area (Å²) in [6.45, 7) is 0. The molecular weight excluding hydrogens is 208 g/mol. The van der Waals surface area contributed by atoms with Gasteiger partial charge >= 0.3 is 0 Å². The Kier molecular flexibility index (Phi) is 2.44. The highest BCUT2D eigenvalue weighted by molar-refractivity contribution is 9.10. The lowest BCUT2D eigenvalue weighted by Gasteiger charge is -1.92. The standard InChI is InChI=1S/C7H5BrN2O/c8-7-3-6(11)5(1-2-9)4-10-7/h3-4H,1H2,(H,10,11). The molecule has 0 aliphatic rings. The Morgan fingerprint density at radius 1 is 1.73 bits per heavy atom. The minimum atomic E-state index is -0.114. The quantitative estimate of drug-likeness (QED) is 0.712. The van der Waals surface area contributed by atoms with Gasteiger partial charge in [-0.1, -0.05) is 0 Å². The van der Waals surface area contributed by atoms with Crippen molar-refractivity contribution in [3.05, 3.63) is 32.7 Å². The fourth-order valence-electron chi connectivity index (χ4n) is 0.700. The van der Waals surface area contributed by atoms with E-state index < -0.39 is 0 Å². The Hall–Kier alpha value is -1.08. The Bertz CT molecular complexity index is 350. The summed E-state index contributed by atoms with van der Waals surface area (Å²) in [6, 6.07) is 3.32. The van der Waals surface area contributed by atoms with Crippen molar-refractivity contribution in [3.63, 3.8) is 0 Å². The Morgan fingerprint density at radius 2 is 2.45 bits per heavy atom. The van der Waals surface area contributed by atoms with Crippen molar-refractivity contribution >= 4 is 15.9 Å². The molecule has 0 saturated carbocycles. The normalized spacial score (nSPS) is 9.09. The molecule has 0 aromatic carbocycles. The topological polar surface area (TPSA) is 56.6 Å². The maximum absolute atomic E-state index is 11.0. The molecule has 0 radical (unpaired) electrons. The van der Waals surface area contributed by atoms with Crippen LogP contribution in [0.4, 0.5) is 0 Å². The molecule has 1 aromatic heterocycles. The van der Waals surface area contributed by atoms with Crippen molar-refractivity contribution in [2.24, 2.45) is 0 Å². The number of hydrogen-bond acceptors (Lipinski definition) is 2. The number of pyridine rings is 1. The van der Waals surface area contributed by atoms with Gasteiger partial charge in [0.15, 0.2) is 5.43 Å². The van der Waals surface area contributed by atoms with E-state index in [9.17, 15) is 4.79 Å². The fourth-order valence-corrected chi connectivity index (χ4v) is 1.02. The summed E-state index contributed by atoms with van der Waals surface area (Å²) in [6.07, 6.45) is 1.69. The summed E-state index contributed by atoms with van der Waals surface area (Å²) in [5.74, 6) is 0. The summed E-state index contributed by atoms with van der Waals surface area (Å²) in [5, 5.41) is 8.30. The lowest BCUT2D eigenvalue weighted by molar-refractivity contribution is 1.14. The summed E-state index contributed by atoms with van der Waals surface area (Å²) < 4.78 is 0.629. The highest BCUT2D eigenvalue weighted by atomic mass is 79.9. The summed E-state index contributed by atoms with van der Waals surface area (Å²) in [4.78, 5) is 13.8. The summed E-state index contributed by atoms with van der Waals surface area (Å²) in [7, 11) is 0. The molecule has 0 bridgehead atoms. The van der Waals surface area contributed by atoms with Crippen LogP contribution in [0.15, 0.2) is 21.7 Å². The molecule has 0 atom stereocenters. The van der Waals surface area contributed by atoms with Gasteiger partial charge in [-0.05, 0) is 15.9 Å². The zero-order valence-electron chi connectivity index (χ0n) is 5.60. The molecular formula is C7H5BrN2O. The van der Waals surface area contributed by atoms with Gasteiger partial charge in [0.2, 0.25) is 0 Å². The van der Waals surface area contributed by atoms with Gasteiger partial charge in [0, 0.05) is 17.8 Å². The first-order chi connectivity index (χ1) is 5.24. The van der Waals surface area contributed by atoms with Crippen molar-refractivity contribution < 1.29 is 0 Å². The molecule has 1 aromatic rings. The van der Waals surface area contributed by atoms with Crippen LogP contribution in [0.3, 0.4) is 0 Å². The average Bonchev–Trinajstić information content (AvgIpc) is 1.95. The number of nitriles is 1. The lowest BCUT2D eigenvalue weighted by Crippen LogP contribution is -2.06. The predicted molar refractivity (Wildman–Crippen MR) is 44.1 cm³/mol. The molecule has 0 spiro atoms. The third-order valence-electron chi connectivity index (χ3n) is 1.23. The molecule has 1 rings (SSSR count). The Morgan fingerprint density at radius 3 is 3.00 bits per heavy atom. The monoisotopic (exact) mass is 212 g/mol. The van der Waals surface area contributed by atoms with Gasteiger partial charge in [-0.25, -0.2) is 0 Å². The number of rotatable bonds is 1. The molecule has 0 fully saturated rings. The fraction of sp³-hybridized carbons (Fsp3) is 0.143. The van der Waals surface area contributed by atoms with E-state index in [1.807, 2.05) is 6.07 Å². The van der Waals surface area contributed by atoms with Crippen LogP contribution in [-0.4, -0.2) is 4.98 Å². The second-order valence-corrected chi connectivity index (χ2v) is 2.86. The third kappa shape index (κ3) is 1.92. The maximum Gasteiger partial charge on any atom is 0.186 e. The van der Waals surface area contributed by atoms with Gasteiger partial charge < -0.3 is 4.98 Å². The number of H-pyrrole nitrogens is 1. The second-order valence-electron chi connectivity index (χ2n) is 2.01. The van der Waals surface area contributed by atoms with Crippen LogP contribution in [0.5, 0.6) is 0 Å². The van der Waals surface area contributed by atoms with E-state index in [2.05, 4.69) is 20.9 Å². The Labute approximate surface area is 71.8 Å². The first-order valence-corrected chi connectivity index (χ1v) is 3.77. The van der Waals surface area contributed by atoms with E-state index in [0.717, 1.165) is 0 Å². The molecule has 0 aliphatic carbocycles. The molecule has 56 valence electrons. The molecule has 1 N–H and O–H groups in total. The van der Waals surface area contributed by atoms with Gasteiger partial charge in [-0.2, -0.15) is 5.26 Å². The number of aromatic amines is 1. The number of halogens is 1. The summed E-state index contributed by atoms with van der Waals surface area (Å²) in [5.41, 5.74) is 0.382. The van der Waals surface area contributed by atoms with Crippen LogP contribution in [-0.2, 0) is 6.42 Å². The number of nitrogens with one attached hydrogen (secondary N) is 1. The number of nitrogens with zero attached hydrogens (tertiary/aromatic N) is 1. The minimum absolute atomic E-state index is 0.114. The van der Waals surface area contributed by atoms with Crippen molar-refractivity contribution in [2.75, 3.05) is 0 Å². The molecule has 1 heterocycles. The first kappa shape index (κ1) is 8.02. The van der Waals surface area contributed by atoms with Crippen LogP contribution >= 0.6 is 15.9 Å². The zero-order chi connectivity index (χ0) is 8.27. The third-order valence-corrected chi connectivity index (χ3v) is 1.69. The van der Waals surface area contributed by atoms with Crippen LogP contribution in [0.25, 0.3) is 0 Å². The minimum Gasteiger partial charge on any atom is -0.355 e. The largest absolute Gasteiger partial charge is 0.355 e. The van der Waals surface area contributed by atoms with Gasteiger partial charge in [0.1, 0.15) is 0 Å². The van der Waals surface area contributed by atoms with Gasteiger partial charge in [-0.15, -0.1) is 0 Å². The SMILES string of the molecule is N#CCc1c[nH]c(Br)cc1=O. The molecule has 0 amide bonds. The molecule has 0 aliphatic heterocycles. The highest BCUT2D eigenvalue weighted by Gasteiger charge is 1.97. The van der Waals surface area contributed by atoms with Crippen LogP contribution in [0.1, 0.15) is 5.56 Å². The van der Waals surface area contributed by atoms with E-state index in [-0.39, 0.29) is 11.8 Å². The van der Waals surface area contributed by atoms with E-state index in [1.165, 1.54) is 12.3 Å². The molecule has 4 heteroatoms. The first-order valence-electron chi connectivity index (χ1n) is 2.98. The molecule has 0 saturated heterocycles. The van der Waals surface area contributed by atoms with Crippen LogP contribution in [0.2, 0.25) is 0 Å². The zero-order valence-corrected chi connectivity index (χ0v) is 7.18.